The largest absolute Gasteiger partial charge is 0.346 e. The smallest absolute Gasteiger partial charge is 0.251 e. The fraction of sp³-hybridized carbons (Fsp3) is 1.00. The van der Waals surface area contributed by atoms with E-state index in [1.54, 1.807) is 6.92 Å². The average Bonchev–Trinajstić information content (AvgIpc) is 1.62. The minimum atomic E-state index is -2.72. The minimum Gasteiger partial charge on any atom is -0.251 e. The van der Waals surface area contributed by atoms with Crippen LogP contribution in [0.2, 0.25) is 5.54 Å². The molecule has 0 N–H and O–H groups in total. The molecule has 0 aromatic carbocycles. The summed E-state index contributed by atoms with van der Waals surface area (Å²) in [4.78, 5) is 0. The Morgan fingerprint density at radius 2 is 1.88 bits per heavy atom. The first-order valence-electron chi connectivity index (χ1n) is 2.11. The van der Waals surface area contributed by atoms with Gasteiger partial charge in [-0.15, -0.1) is 33.2 Å². The van der Waals surface area contributed by atoms with Crippen molar-refractivity contribution in [2.45, 2.75) is 12.5 Å². The molecule has 0 saturated carbocycles. The maximum absolute atomic E-state index is 11.7. The van der Waals surface area contributed by atoms with E-state index in [0.29, 0.717) is 0 Å². The molecule has 0 amide bonds. The Hall–Kier alpha value is 1.02. The van der Waals surface area contributed by atoms with E-state index < -0.39 is 12.7 Å². The van der Waals surface area contributed by atoms with Crippen molar-refractivity contribution in [3.05, 3.63) is 0 Å². The van der Waals surface area contributed by atoms with Crippen molar-refractivity contribution in [1.82, 2.24) is 0 Å². The Kier molecular flexibility index (Phi) is 3.67. The molecule has 0 aliphatic heterocycles. The van der Waals surface area contributed by atoms with Gasteiger partial charge in [0.25, 0.3) is 0 Å². The van der Waals surface area contributed by atoms with Crippen LogP contribution in [0.5, 0.6) is 0 Å². The van der Waals surface area contributed by atoms with E-state index >= 15 is 0 Å². The van der Waals surface area contributed by atoms with Crippen molar-refractivity contribution in [2.24, 2.45) is 0 Å². The summed E-state index contributed by atoms with van der Waals surface area (Å²) in [6.07, 6.45) is 0. The molecule has 0 nitrogen and oxygen atoms in total. The topological polar surface area (TPSA) is 0 Å². The third-order valence-electron chi connectivity index (χ3n) is 0.790. The number of hydrogen-bond donors (Lipinski definition) is 0. The summed E-state index contributed by atoms with van der Waals surface area (Å²) in [5.74, 6) is 0. The van der Waals surface area contributed by atoms with Crippen LogP contribution in [0.4, 0.5) is 4.39 Å². The summed E-state index contributed by atoms with van der Waals surface area (Å²) in [5.41, 5.74) is -0.382. The van der Waals surface area contributed by atoms with Crippen LogP contribution in [0.3, 0.4) is 0 Å². The van der Waals surface area contributed by atoms with Gasteiger partial charge in [-0.05, 0) is 0 Å². The lowest BCUT2D eigenvalue weighted by atomic mass is 10.5. The maximum Gasteiger partial charge on any atom is 0.346 e. The molecule has 0 aromatic heterocycles. The first kappa shape index (κ1) is 9.02. The second-order valence-electron chi connectivity index (χ2n) is 1.60. The summed E-state index contributed by atoms with van der Waals surface area (Å²) < 4.78 is 11.7. The molecule has 0 saturated heterocycles. The van der Waals surface area contributed by atoms with Gasteiger partial charge in [0.1, 0.15) is 0 Å². The van der Waals surface area contributed by atoms with Crippen LogP contribution in [0.25, 0.3) is 0 Å². The van der Waals surface area contributed by atoms with Crippen molar-refractivity contribution < 1.29 is 4.39 Å². The summed E-state index contributed by atoms with van der Waals surface area (Å²) in [6, 6.07) is -2.72. The van der Waals surface area contributed by atoms with Gasteiger partial charge in [0.2, 0.25) is 0 Å². The quantitative estimate of drug-likeness (QED) is 0.469. The predicted octanol–water partition coefficient (Wildman–Crippen LogP) is 3.00. The molecule has 1 atom stereocenters. The molecule has 0 spiro atoms. The molecular weight excluding hydrogens is 189 g/mol. The third-order valence-corrected chi connectivity index (χ3v) is 5.41. The molecule has 8 heavy (non-hydrogen) atoms. The monoisotopic (exact) mass is 194 g/mol. The summed E-state index contributed by atoms with van der Waals surface area (Å²) in [5, 5.41) is 0. The highest BCUT2D eigenvalue weighted by atomic mass is 35.8. The molecular formula is C3H6Cl3FSi. The van der Waals surface area contributed by atoms with Gasteiger partial charge in [-0.1, -0.05) is 6.92 Å². The molecule has 0 aliphatic rings. The van der Waals surface area contributed by atoms with Gasteiger partial charge >= 0.3 is 6.00 Å². The van der Waals surface area contributed by atoms with Crippen LogP contribution >= 0.6 is 33.2 Å². The molecule has 0 bridgehead atoms. The summed E-state index contributed by atoms with van der Waals surface area (Å²) in [7, 11) is 0. The second kappa shape index (κ2) is 3.25. The molecule has 5 heteroatoms. The summed E-state index contributed by atoms with van der Waals surface area (Å²) in [6.45, 7) is 1.06. The first-order valence-corrected chi connectivity index (χ1v) is 7.22. The molecule has 0 fully saturated rings. The van der Waals surface area contributed by atoms with Crippen LogP contribution in [-0.2, 0) is 0 Å². The highest BCUT2D eigenvalue weighted by molar-refractivity contribution is 7.65. The van der Waals surface area contributed by atoms with Gasteiger partial charge in [-0.25, -0.2) is 0 Å². The lowest BCUT2D eigenvalue weighted by Crippen LogP contribution is -2.18. The van der Waals surface area contributed by atoms with Crippen molar-refractivity contribution in [3.8, 4) is 0 Å². The van der Waals surface area contributed by atoms with E-state index in [-0.39, 0.29) is 5.54 Å². The zero-order chi connectivity index (χ0) is 6.78. The standard InChI is InChI=1S/C3H6Cl3FSi/c1-3(2-7)8(4,5)6/h3H,2H2,1H3. The number of alkyl halides is 1. The lowest BCUT2D eigenvalue weighted by Gasteiger charge is -2.11. The van der Waals surface area contributed by atoms with Gasteiger partial charge in [0.15, 0.2) is 0 Å². The Balaban J connectivity index is 3.62. The molecule has 0 heterocycles. The van der Waals surface area contributed by atoms with Crippen LogP contribution < -0.4 is 0 Å². The number of halogens is 4. The van der Waals surface area contributed by atoms with Gasteiger partial charge in [0.05, 0.1) is 6.67 Å². The third kappa shape index (κ3) is 3.12. The fourth-order valence-corrected chi connectivity index (χ4v) is 0.787. The van der Waals surface area contributed by atoms with E-state index in [4.69, 9.17) is 33.2 Å². The fourth-order valence-electron chi connectivity index (χ4n) is 0.0875. The van der Waals surface area contributed by atoms with Crippen LogP contribution in [0.15, 0.2) is 0 Å². The van der Waals surface area contributed by atoms with Crippen molar-refractivity contribution in [2.75, 3.05) is 6.67 Å². The van der Waals surface area contributed by atoms with E-state index in [1.807, 2.05) is 0 Å². The SMILES string of the molecule is CC(CF)[Si](Cl)(Cl)Cl. The maximum atomic E-state index is 11.7. The van der Waals surface area contributed by atoms with E-state index in [0.717, 1.165) is 0 Å². The Morgan fingerprint density at radius 3 is 1.88 bits per heavy atom. The molecule has 0 aliphatic carbocycles. The highest BCUT2D eigenvalue weighted by Gasteiger charge is 2.32. The highest BCUT2D eigenvalue weighted by Crippen LogP contribution is 2.33. The van der Waals surface area contributed by atoms with Crippen LogP contribution in [0, 0.1) is 0 Å². The Morgan fingerprint density at radius 1 is 1.50 bits per heavy atom. The van der Waals surface area contributed by atoms with Crippen LogP contribution in [0.1, 0.15) is 6.92 Å². The number of rotatable bonds is 2. The minimum absolute atomic E-state index is 0.382. The molecule has 0 rings (SSSR count). The van der Waals surface area contributed by atoms with Crippen LogP contribution in [-0.4, -0.2) is 12.7 Å². The van der Waals surface area contributed by atoms with Crippen molar-refractivity contribution >= 4 is 39.2 Å². The van der Waals surface area contributed by atoms with Gasteiger partial charge in [-0.2, -0.15) is 0 Å². The first-order chi connectivity index (χ1) is 3.48. The van der Waals surface area contributed by atoms with E-state index in [1.165, 1.54) is 0 Å². The van der Waals surface area contributed by atoms with Crippen molar-refractivity contribution in [3.63, 3.8) is 0 Å². The van der Waals surface area contributed by atoms with Crippen molar-refractivity contribution in [1.29, 1.82) is 0 Å². The van der Waals surface area contributed by atoms with Gasteiger partial charge < -0.3 is 0 Å². The Labute approximate surface area is 63.0 Å². The zero-order valence-electron chi connectivity index (χ0n) is 4.30. The summed E-state index contributed by atoms with van der Waals surface area (Å²) >= 11 is 16.2. The number of hydrogen-bond acceptors (Lipinski definition) is 0. The molecule has 1 unspecified atom stereocenters. The predicted molar refractivity (Wildman–Crippen MR) is 38.7 cm³/mol. The van der Waals surface area contributed by atoms with E-state index in [2.05, 4.69) is 0 Å². The Bertz CT molecular complexity index is 71.4. The normalized spacial score (nSPS) is 16.1. The molecule has 0 aromatic rings. The lowest BCUT2D eigenvalue weighted by molar-refractivity contribution is 0.485. The zero-order valence-corrected chi connectivity index (χ0v) is 7.56. The molecule has 0 radical (unpaired) electrons. The second-order valence-corrected chi connectivity index (χ2v) is 10.8. The van der Waals surface area contributed by atoms with Gasteiger partial charge in [-0.3, -0.25) is 4.39 Å². The average molecular weight is 196 g/mol. The van der Waals surface area contributed by atoms with Gasteiger partial charge in [0, 0.05) is 5.54 Å². The molecule has 50 valence electrons. The van der Waals surface area contributed by atoms with E-state index in [9.17, 15) is 4.39 Å².